The summed E-state index contributed by atoms with van der Waals surface area (Å²) < 4.78 is 1.93. The third-order valence-electron chi connectivity index (χ3n) is 1.79. The van der Waals surface area contributed by atoms with Gasteiger partial charge in [-0.25, -0.2) is 0 Å². The molecule has 1 heterocycles. The number of rotatable bonds is 0. The fourth-order valence-corrected chi connectivity index (χ4v) is 1.42. The Morgan fingerprint density at radius 2 is 2.27 bits per heavy atom. The second-order valence-electron chi connectivity index (χ2n) is 2.51. The van der Waals surface area contributed by atoms with Crippen molar-refractivity contribution in [1.82, 2.24) is 4.57 Å². The molecule has 1 nitrogen and oxygen atoms in total. The highest BCUT2D eigenvalue weighted by Gasteiger charge is 1.99. The minimum Gasteiger partial charge on any atom is -0.342 e. The summed E-state index contributed by atoms with van der Waals surface area (Å²) >= 11 is 5.94. The van der Waals surface area contributed by atoms with Crippen molar-refractivity contribution < 1.29 is 0 Å². The summed E-state index contributed by atoms with van der Waals surface area (Å²) in [5.41, 5.74) is 1.12. The first-order valence-corrected chi connectivity index (χ1v) is 3.78. The first kappa shape index (κ1) is 6.74. The van der Waals surface area contributed by atoms with Gasteiger partial charge < -0.3 is 4.57 Å². The first-order chi connectivity index (χ1) is 5.29. The molecule has 0 amide bonds. The number of hydrogen-bond acceptors (Lipinski definition) is 0. The number of aromatic nitrogens is 1. The van der Waals surface area contributed by atoms with Crippen LogP contribution in [0, 0.1) is 6.20 Å². The Morgan fingerprint density at radius 3 is 3.00 bits per heavy atom. The second-order valence-corrected chi connectivity index (χ2v) is 2.91. The molecule has 0 aliphatic carbocycles. The van der Waals surface area contributed by atoms with Crippen LogP contribution in [0.15, 0.2) is 24.3 Å². The maximum atomic E-state index is 5.94. The highest BCUT2D eigenvalue weighted by molar-refractivity contribution is 6.35. The maximum absolute atomic E-state index is 5.94. The van der Waals surface area contributed by atoms with E-state index in [2.05, 4.69) is 6.20 Å². The predicted molar refractivity (Wildman–Crippen MR) is 46.8 cm³/mol. The minimum absolute atomic E-state index is 0.791. The van der Waals surface area contributed by atoms with Crippen molar-refractivity contribution in [3.8, 4) is 0 Å². The van der Waals surface area contributed by atoms with Crippen molar-refractivity contribution in [3.63, 3.8) is 0 Å². The first-order valence-electron chi connectivity index (χ1n) is 3.40. The van der Waals surface area contributed by atoms with Crippen LogP contribution in [0.5, 0.6) is 0 Å². The molecule has 0 aliphatic rings. The van der Waals surface area contributed by atoms with Gasteiger partial charge in [-0.15, -0.1) is 0 Å². The summed E-state index contributed by atoms with van der Waals surface area (Å²) in [6.45, 7) is 0. The van der Waals surface area contributed by atoms with E-state index >= 15 is 0 Å². The van der Waals surface area contributed by atoms with E-state index in [1.165, 1.54) is 0 Å². The molecule has 2 aromatic rings. The largest absolute Gasteiger partial charge is 0.342 e. The van der Waals surface area contributed by atoms with Crippen LogP contribution < -0.4 is 0 Å². The van der Waals surface area contributed by atoms with E-state index in [0.717, 1.165) is 15.9 Å². The zero-order valence-electron chi connectivity index (χ0n) is 6.13. The number of hydrogen-bond donors (Lipinski definition) is 0. The van der Waals surface area contributed by atoms with Gasteiger partial charge in [-0.2, -0.15) is 0 Å². The van der Waals surface area contributed by atoms with E-state index in [-0.39, 0.29) is 0 Å². The Bertz CT molecular complexity index is 389. The lowest BCUT2D eigenvalue weighted by atomic mass is 10.2. The monoisotopic (exact) mass is 164 g/mol. The summed E-state index contributed by atoms with van der Waals surface area (Å²) in [5.74, 6) is 0. The molecule has 2 heteroatoms. The normalized spacial score (nSPS) is 10.7. The number of halogens is 1. The fraction of sp³-hybridized carbons (Fsp3) is 0.111. The van der Waals surface area contributed by atoms with Crippen molar-refractivity contribution >= 4 is 22.5 Å². The zero-order valence-corrected chi connectivity index (χ0v) is 6.89. The number of nitrogens with zero attached hydrogens (tertiary/aromatic N) is 1. The Labute approximate surface area is 70.2 Å². The summed E-state index contributed by atoms with van der Waals surface area (Å²) in [6.07, 6.45) is 3.05. The van der Waals surface area contributed by atoms with E-state index in [9.17, 15) is 0 Å². The average Bonchev–Trinajstić information content (AvgIpc) is 2.35. The Kier molecular flexibility index (Phi) is 1.40. The standard InChI is InChI=1S/C9H7ClN/c1-11-6-5-7-8(10)3-2-4-9(7)11/h2-5H,1H3. The van der Waals surface area contributed by atoms with Crippen LogP contribution in [0.25, 0.3) is 10.9 Å². The van der Waals surface area contributed by atoms with Crippen LogP contribution >= 0.6 is 11.6 Å². The van der Waals surface area contributed by atoms with Gasteiger partial charge in [0.15, 0.2) is 0 Å². The number of fused-ring (bicyclic) bond motifs is 1. The van der Waals surface area contributed by atoms with Crippen molar-refractivity contribution in [2.24, 2.45) is 7.05 Å². The summed E-state index contributed by atoms with van der Waals surface area (Å²) in [7, 11) is 1.96. The summed E-state index contributed by atoms with van der Waals surface area (Å²) in [6, 6.07) is 7.76. The molecule has 2 rings (SSSR count). The van der Waals surface area contributed by atoms with Crippen molar-refractivity contribution in [2.75, 3.05) is 0 Å². The molecule has 1 radical (unpaired) electrons. The molecule has 0 saturated heterocycles. The van der Waals surface area contributed by atoms with Crippen molar-refractivity contribution in [1.29, 1.82) is 0 Å². The smallest absolute Gasteiger partial charge is 0.0657 e. The highest BCUT2D eigenvalue weighted by atomic mass is 35.5. The van der Waals surface area contributed by atoms with Crippen LogP contribution in [0.1, 0.15) is 0 Å². The van der Waals surface area contributed by atoms with E-state index < -0.39 is 0 Å². The zero-order chi connectivity index (χ0) is 7.84. The second kappa shape index (κ2) is 2.28. The molecule has 0 fully saturated rings. The van der Waals surface area contributed by atoms with Crippen LogP contribution in [-0.2, 0) is 7.05 Å². The van der Waals surface area contributed by atoms with Gasteiger partial charge in [0.25, 0.3) is 0 Å². The summed E-state index contributed by atoms with van der Waals surface area (Å²) in [5, 5.41) is 1.86. The molecule has 0 bridgehead atoms. The lowest BCUT2D eigenvalue weighted by Gasteiger charge is -1.95. The SMILES string of the molecule is Cn1[c]cc2c(Cl)cccc21. The molecular weight excluding hydrogens is 158 g/mol. The van der Waals surface area contributed by atoms with Gasteiger partial charge >= 0.3 is 0 Å². The third kappa shape index (κ3) is 0.925. The molecular formula is C9H7ClN. The quantitative estimate of drug-likeness (QED) is 0.564. The Hall–Kier alpha value is -0.950. The molecule has 0 N–H and O–H groups in total. The van der Waals surface area contributed by atoms with Crippen LogP contribution in [0.2, 0.25) is 5.02 Å². The predicted octanol–water partition coefficient (Wildman–Crippen LogP) is 2.63. The third-order valence-corrected chi connectivity index (χ3v) is 2.12. The van der Waals surface area contributed by atoms with Crippen molar-refractivity contribution in [3.05, 3.63) is 35.5 Å². The van der Waals surface area contributed by atoms with Gasteiger partial charge in [0, 0.05) is 23.0 Å². The Morgan fingerprint density at radius 1 is 1.45 bits per heavy atom. The molecule has 1 aromatic carbocycles. The van der Waals surface area contributed by atoms with Crippen LogP contribution in [0.3, 0.4) is 0 Å². The number of benzene rings is 1. The Balaban J connectivity index is 2.94. The lowest BCUT2D eigenvalue weighted by molar-refractivity contribution is 0.960. The molecule has 1 aromatic heterocycles. The van der Waals surface area contributed by atoms with Gasteiger partial charge in [-0.3, -0.25) is 0 Å². The van der Waals surface area contributed by atoms with Gasteiger partial charge in [0.2, 0.25) is 0 Å². The molecule has 0 aliphatic heterocycles. The highest BCUT2D eigenvalue weighted by Crippen LogP contribution is 2.22. The molecule has 0 unspecified atom stereocenters. The molecule has 11 heavy (non-hydrogen) atoms. The van der Waals surface area contributed by atoms with Gasteiger partial charge in [-0.05, 0) is 18.2 Å². The van der Waals surface area contributed by atoms with E-state index in [4.69, 9.17) is 11.6 Å². The maximum Gasteiger partial charge on any atom is 0.0657 e. The van der Waals surface area contributed by atoms with Crippen LogP contribution in [0.4, 0.5) is 0 Å². The van der Waals surface area contributed by atoms with E-state index in [1.807, 2.05) is 35.9 Å². The van der Waals surface area contributed by atoms with Gasteiger partial charge in [0.05, 0.1) is 6.20 Å². The van der Waals surface area contributed by atoms with Crippen molar-refractivity contribution in [2.45, 2.75) is 0 Å². The topological polar surface area (TPSA) is 4.93 Å². The number of aryl methyl sites for hydroxylation is 1. The average molecular weight is 165 g/mol. The van der Waals surface area contributed by atoms with Gasteiger partial charge in [-0.1, -0.05) is 17.7 Å². The lowest BCUT2D eigenvalue weighted by Crippen LogP contribution is -1.82. The molecule has 55 valence electrons. The van der Waals surface area contributed by atoms with Crippen LogP contribution in [-0.4, -0.2) is 4.57 Å². The molecule has 0 saturated carbocycles. The van der Waals surface area contributed by atoms with E-state index in [0.29, 0.717) is 0 Å². The minimum atomic E-state index is 0.791. The molecule has 0 spiro atoms. The van der Waals surface area contributed by atoms with E-state index in [1.54, 1.807) is 0 Å². The van der Waals surface area contributed by atoms with Gasteiger partial charge in [0.1, 0.15) is 0 Å². The molecule has 0 atom stereocenters. The fourth-order valence-electron chi connectivity index (χ4n) is 1.19. The summed E-state index contributed by atoms with van der Waals surface area (Å²) in [4.78, 5) is 0.